The number of unbranched alkanes of at least 4 members (excludes halogenated alkanes) is 8. The lowest BCUT2D eigenvalue weighted by atomic mass is 9.80. The van der Waals surface area contributed by atoms with Crippen LogP contribution in [0.3, 0.4) is 0 Å². The van der Waals surface area contributed by atoms with E-state index in [1.807, 2.05) is 12.1 Å². The summed E-state index contributed by atoms with van der Waals surface area (Å²) >= 11 is 0. The normalized spacial score (nSPS) is 13.3. The maximum Gasteiger partial charge on any atom is 0.317 e. The monoisotopic (exact) mass is 388 g/mol. The van der Waals surface area contributed by atoms with Crippen LogP contribution in [0.1, 0.15) is 117 Å². The number of carbonyl (C=O) groups is 1. The van der Waals surface area contributed by atoms with Gasteiger partial charge >= 0.3 is 5.97 Å². The Kier molecular flexibility index (Phi) is 12.9. The summed E-state index contributed by atoms with van der Waals surface area (Å²) in [5.41, 5.74) is 0.978. The van der Waals surface area contributed by atoms with E-state index in [1.165, 1.54) is 56.9 Å². The predicted octanol–water partition coefficient (Wildman–Crippen LogP) is 8.27. The minimum absolute atomic E-state index is 0.0511. The average molecular weight is 389 g/mol. The second kappa shape index (κ2) is 14.7. The van der Waals surface area contributed by atoms with Gasteiger partial charge in [-0.05, 0) is 50.3 Å². The van der Waals surface area contributed by atoms with Crippen LogP contribution in [-0.2, 0) is 11.2 Å². The van der Waals surface area contributed by atoms with Gasteiger partial charge in [0.25, 0.3) is 0 Å². The van der Waals surface area contributed by atoms with Gasteiger partial charge in [-0.15, -0.1) is 0 Å². The van der Waals surface area contributed by atoms with E-state index >= 15 is 0 Å². The molecule has 0 saturated heterocycles. The van der Waals surface area contributed by atoms with Gasteiger partial charge in [0.15, 0.2) is 0 Å². The fraction of sp³-hybridized carbons (Fsp3) is 0.731. The average Bonchev–Trinajstić information content (AvgIpc) is 2.70. The van der Waals surface area contributed by atoms with Crippen LogP contribution >= 0.6 is 0 Å². The molecule has 0 spiro atoms. The van der Waals surface area contributed by atoms with Crippen molar-refractivity contribution in [2.45, 2.75) is 118 Å². The van der Waals surface area contributed by atoms with Crippen molar-refractivity contribution in [1.82, 2.24) is 0 Å². The van der Waals surface area contributed by atoms with Crippen molar-refractivity contribution in [1.29, 1.82) is 0 Å². The van der Waals surface area contributed by atoms with Gasteiger partial charge in [-0.2, -0.15) is 0 Å². The second-order valence-corrected chi connectivity index (χ2v) is 8.67. The molecule has 160 valence electrons. The lowest BCUT2D eigenvalue weighted by molar-refractivity contribution is -0.146. The third-order valence-corrected chi connectivity index (χ3v) is 5.86. The largest absolute Gasteiger partial charge is 0.426 e. The topological polar surface area (TPSA) is 26.3 Å². The minimum atomic E-state index is -0.359. The molecule has 2 nitrogen and oxygen atoms in total. The van der Waals surface area contributed by atoms with Crippen LogP contribution < -0.4 is 4.74 Å². The van der Waals surface area contributed by atoms with E-state index in [-0.39, 0.29) is 11.4 Å². The second-order valence-electron chi connectivity index (χ2n) is 8.67. The molecule has 1 unspecified atom stereocenters. The van der Waals surface area contributed by atoms with Gasteiger partial charge in [-0.1, -0.05) is 97.1 Å². The number of ether oxygens (including phenoxy) is 1. The molecular weight excluding hydrogens is 344 g/mol. The van der Waals surface area contributed by atoms with Crippen LogP contribution in [-0.4, -0.2) is 5.97 Å². The molecule has 0 heterocycles. The van der Waals surface area contributed by atoms with E-state index in [0.29, 0.717) is 5.75 Å². The maximum atomic E-state index is 12.9. The molecule has 0 radical (unpaired) electrons. The Morgan fingerprint density at radius 1 is 0.750 bits per heavy atom. The zero-order valence-corrected chi connectivity index (χ0v) is 19.0. The summed E-state index contributed by atoms with van der Waals surface area (Å²) in [6, 6.07) is 8.17. The number of hydrogen-bond acceptors (Lipinski definition) is 2. The van der Waals surface area contributed by atoms with Crippen molar-refractivity contribution in [2.75, 3.05) is 0 Å². The molecule has 0 aliphatic heterocycles. The molecule has 1 rings (SSSR count). The lowest BCUT2D eigenvalue weighted by Crippen LogP contribution is -2.32. The molecule has 0 aromatic heterocycles. The molecule has 1 aromatic rings. The molecule has 0 amide bonds. The quantitative estimate of drug-likeness (QED) is 0.162. The molecule has 1 aromatic carbocycles. The van der Waals surface area contributed by atoms with E-state index in [1.54, 1.807) is 0 Å². The fourth-order valence-electron chi connectivity index (χ4n) is 3.73. The van der Waals surface area contributed by atoms with Crippen molar-refractivity contribution in [3.05, 3.63) is 29.8 Å². The first-order chi connectivity index (χ1) is 13.6. The van der Waals surface area contributed by atoms with Gasteiger partial charge in [-0.3, -0.25) is 4.79 Å². The third kappa shape index (κ3) is 9.75. The third-order valence-electron chi connectivity index (χ3n) is 5.86. The highest BCUT2D eigenvalue weighted by Crippen LogP contribution is 2.33. The summed E-state index contributed by atoms with van der Waals surface area (Å²) < 4.78 is 5.81. The lowest BCUT2D eigenvalue weighted by Gasteiger charge is -2.27. The summed E-state index contributed by atoms with van der Waals surface area (Å²) in [4.78, 5) is 12.9. The molecule has 0 N–H and O–H groups in total. The molecule has 2 heteroatoms. The zero-order valence-electron chi connectivity index (χ0n) is 19.0. The molecular formula is C26H44O2. The molecule has 28 heavy (non-hydrogen) atoms. The van der Waals surface area contributed by atoms with Crippen LogP contribution in [0.4, 0.5) is 0 Å². The number of benzene rings is 1. The summed E-state index contributed by atoms with van der Waals surface area (Å²) in [6.45, 7) is 8.75. The number of rotatable bonds is 16. The summed E-state index contributed by atoms with van der Waals surface area (Å²) in [6.07, 6.45) is 16.5. The Balaban J connectivity index is 2.55. The smallest absolute Gasteiger partial charge is 0.317 e. The molecule has 0 fully saturated rings. The molecule has 0 aliphatic rings. The first-order valence-corrected chi connectivity index (χ1v) is 11.9. The Morgan fingerprint density at radius 2 is 1.29 bits per heavy atom. The SMILES string of the molecule is CCCCCCCc1ccc(OC(=O)C(C)(CCCC)CCCCCC)cc1. The number of aryl methyl sites for hydroxylation is 1. The summed E-state index contributed by atoms with van der Waals surface area (Å²) in [7, 11) is 0. The highest BCUT2D eigenvalue weighted by molar-refractivity contribution is 5.78. The van der Waals surface area contributed by atoms with Gasteiger partial charge in [0.1, 0.15) is 5.75 Å². The van der Waals surface area contributed by atoms with Gasteiger partial charge in [-0.25, -0.2) is 0 Å². The van der Waals surface area contributed by atoms with Gasteiger partial charge in [0.2, 0.25) is 0 Å². The van der Waals surface area contributed by atoms with E-state index in [0.717, 1.165) is 38.5 Å². The zero-order chi connectivity index (χ0) is 20.7. The Hall–Kier alpha value is -1.31. The molecule has 0 saturated carbocycles. The van der Waals surface area contributed by atoms with Crippen molar-refractivity contribution in [3.8, 4) is 5.75 Å². The number of hydrogen-bond donors (Lipinski definition) is 0. The standard InChI is InChI=1S/C26H44O2/c1-5-8-11-13-14-16-23-17-19-24(20-18-23)28-25(27)26(4,21-10-7-3)22-15-12-9-6-2/h17-20H,5-16,21-22H2,1-4H3. The van der Waals surface area contributed by atoms with Crippen molar-refractivity contribution in [3.63, 3.8) is 0 Å². The van der Waals surface area contributed by atoms with Crippen molar-refractivity contribution >= 4 is 5.97 Å². The van der Waals surface area contributed by atoms with Crippen LogP contribution in [0.25, 0.3) is 0 Å². The van der Waals surface area contributed by atoms with E-state index in [9.17, 15) is 4.79 Å². The first-order valence-electron chi connectivity index (χ1n) is 11.9. The van der Waals surface area contributed by atoms with Gasteiger partial charge < -0.3 is 4.74 Å². The fourth-order valence-corrected chi connectivity index (χ4v) is 3.73. The van der Waals surface area contributed by atoms with Crippen LogP contribution in [0.5, 0.6) is 5.75 Å². The van der Waals surface area contributed by atoms with Crippen molar-refractivity contribution < 1.29 is 9.53 Å². The van der Waals surface area contributed by atoms with Crippen LogP contribution in [0.15, 0.2) is 24.3 Å². The Morgan fingerprint density at radius 3 is 1.89 bits per heavy atom. The van der Waals surface area contributed by atoms with Gasteiger partial charge in [0, 0.05) is 0 Å². The number of esters is 1. The Labute approximate surface area is 174 Å². The maximum absolute atomic E-state index is 12.9. The van der Waals surface area contributed by atoms with Crippen LogP contribution in [0.2, 0.25) is 0 Å². The molecule has 0 bridgehead atoms. The van der Waals surface area contributed by atoms with E-state index in [2.05, 4.69) is 39.8 Å². The highest BCUT2D eigenvalue weighted by Gasteiger charge is 2.34. The Bertz CT molecular complexity index is 520. The van der Waals surface area contributed by atoms with E-state index < -0.39 is 0 Å². The number of carbonyl (C=O) groups excluding carboxylic acids is 1. The summed E-state index contributed by atoms with van der Waals surface area (Å²) in [5, 5.41) is 0. The first kappa shape index (κ1) is 24.7. The molecule has 1 atom stereocenters. The molecule has 0 aliphatic carbocycles. The van der Waals surface area contributed by atoms with Crippen LogP contribution in [0, 0.1) is 5.41 Å². The van der Waals surface area contributed by atoms with Gasteiger partial charge in [0.05, 0.1) is 5.41 Å². The summed E-state index contributed by atoms with van der Waals surface area (Å²) in [5.74, 6) is 0.640. The van der Waals surface area contributed by atoms with Crippen molar-refractivity contribution in [2.24, 2.45) is 5.41 Å². The minimum Gasteiger partial charge on any atom is -0.426 e. The van der Waals surface area contributed by atoms with E-state index in [4.69, 9.17) is 4.74 Å². The highest BCUT2D eigenvalue weighted by atomic mass is 16.5. The predicted molar refractivity (Wildman–Crippen MR) is 121 cm³/mol.